The van der Waals surface area contributed by atoms with Crippen molar-refractivity contribution >= 4 is 21.5 Å². The zero-order valence-electron chi connectivity index (χ0n) is 17.2. The van der Waals surface area contributed by atoms with Crippen LogP contribution in [0.25, 0.3) is 0 Å². The van der Waals surface area contributed by atoms with E-state index in [1.165, 1.54) is 12.0 Å². The molecule has 0 aliphatic carbocycles. The van der Waals surface area contributed by atoms with Gasteiger partial charge in [-0.2, -0.15) is 0 Å². The number of benzene rings is 1. The molecule has 2 unspecified atom stereocenters. The molecule has 0 spiro atoms. The first kappa shape index (κ1) is 22.0. The first-order valence-electron chi connectivity index (χ1n) is 10.7. The standard InChI is InChI=1S/C22H32N2O4S/c1-2-6-17-7-9-18(10-8-17)21(25)11-12-22(26)23-19-15-29(27,28)16-20(19)24-13-4-3-5-14-24/h7-10,19-20H,2-6,11-16H2,1H3,(H,23,26). The summed E-state index contributed by atoms with van der Waals surface area (Å²) in [4.78, 5) is 27.0. The van der Waals surface area contributed by atoms with Crippen molar-refractivity contribution in [3.8, 4) is 0 Å². The summed E-state index contributed by atoms with van der Waals surface area (Å²) >= 11 is 0. The summed E-state index contributed by atoms with van der Waals surface area (Å²) in [6.45, 7) is 3.89. The lowest BCUT2D eigenvalue weighted by Crippen LogP contribution is -2.52. The molecular weight excluding hydrogens is 388 g/mol. The summed E-state index contributed by atoms with van der Waals surface area (Å²) in [6, 6.07) is 7.04. The van der Waals surface area contributed by atoms with Crippen molar-refractivity contribution < 1.29 is 18.0 Å². The zero-order valence-corrected chi connectivity index (χ0v) is 18.0. The third-order valence-corrected chi connectivity index (χ3v) is 7.64. The number of nitrogens with zero attached hydrogens (tertiary/aromatic N) is 1. The van der Waals surface area contributed by atoms with Gasteiger partial charge < -0.3 is 5.32 Å². The Morgan fingerprint density at radius 1 is 1.03 bits per heavy atom. The van der Waals surface area contributed by atoms with E-state index >= 15 is 0 Å². The minimum atomic E-state index is -3.15. The lowest BCUT2D eigenvalue weighted by Gasteiger charge is -2.35. The van der Waals surface area contributed by atoms with Gasteiger partial charge in [0.25, 0.3) is 0 Å². The number of nitrogens with one attached hydrogen (secondary N) is 1. The molecule has 1 aromatic rings. The fraction of sp³-hybridized carbons (Fsp3) is 0.636. The summed E-state index contributed by atoms with van der Waals surface area (Å²) in [6.07, 6.45) is 5.58. The Morgan fingerprint density at radius 2 is 1.72 bits per heavy atom. The van der Waals surface area contributed by atoms with Crippen LogP contribution in [0.2, 0.25) is 0 Å². The normalized spacial score (nSPS) is 24.3. The van der Waals surface area contributed by atoms with E-state index in [4.69, 9.17) is 0 Å². The topological polar surface area (TPSA) is 83.5 Å². The number of hydrogen-bond acceptors (Lipinski definition) is 5. The van der Waals surface area contributed by atoms with Gasteiger partial charge in [0.1, 0.15) is 0 Å². The fourth-order valence-corrected chi connectivity index (χ4v) is 6.33. The number of aryl methyl sites for hydroxylation is 1. The van der Waals surface area contributed by atoms with E-state index in [0.29, 0.717) is 5.56 Å². The van der Waals surface area contributed by atoms with Gasteiger partial charge in [0.05, 0.1) is 17.5 Å². The maximum atomic E-state index is 12.4. The fourth-order valence-electron chi connectivity index (χ4n) is 4.37. The minimum Gasteiger partial charge on any atom is -0.351 e. The summed E-state index contributed by atoms with van der Waals surface area (Å²) in [5.41, 5.74) is 1.82. The van der Waals surface area contributed by atoms with Gasteiger partial charge in [-0.1, -0.05) is 44.0 Å². The molecule has 0 aromatic heterocycles. The van der Waals surface area contributed by atoms with E-state index in [1.807, 2.05) is 24.3 Å². The third kappa shape index (κ3) is 6.12. The number of ketones is 1. The maximum Gasteiger partial charge on any atom is 0.220 e. The van der Waals surface area contributed by atoms with Crippen LogP contribution in [0.4, 0.5) is 0 Å². The van der Waals surface area contributed by atoms with E-state index in [1.54, 1.807) is 0 Å². The highest BCUT2D eigenvalue weighted by atomic mass is 32.2. The van der Waals surface area contributed by atoms with Crippen molar-refractivity contribution in [2.45, 2.75) is 64.0 Å². The van der Waals surface area contributed by atoms with Crippen molar-refractivity contribution in [2.24, 2.45) is 0 Å². The molecule has 0 radical (unpaired) electrons. The Kier molecular flexibility index (Phi) is 7.46. The molecule has 0 saturated carbocycles. The summed E-state index contributed by atoms with van der Waals surface area (Å²) in [5.74, 6) is -0.201. The van der Waals surface area contributed by atoms with Crippen LogP contribution in [0.1, 0.15) is 61.4 Å². The highest BCUT2D eigenvalue weighted by Gasteiger charge is 2.41. The van der Waals surface area contributed by atoms with Crippen molar-refractivity contribution in [3.63, 3.8) is 0 Å². The first-order valence-corrected chi connectivity index (χ1v) is 12.6. The smallest absolute Gasteiger partial charge is 0.220 e. The van der Waals surface area contributed by atoms with Crippen molar-refractivity contribution in [1.29, 1.82) is 0 Å². The van der Waals surface area contributed by atoms with Crippen LogP contribution in [0.15, 0.2) is 24.3 Å². The zero-order chi connectivity index (χ0) is 20.9. The molecule has 2 aliphatic heterocycles. The number of Topliss-reactive ketones (excluding diaryl/α,β-unsaturated/α-hetero) is 1. The average molecular weight is 421 g/mol. The van der Waals surface area contributed by atoms with Crippen molar-refractivity contribution in [1.82, 2.24) is 10.2 Å². The summed E-state index contributed by atoms with van der Waals surface area (Å²) < 4.78 is 24.3. The molecule has 2 atom stereocenters. The van der Waals surface area contributed by atoms with Gasteiger partial charge in [0, 0.05) is 24.4 Å². The quantitative estimate of drug-likeness (QED) is 0.653. The van der Waals surface area contributed by atoms with Crippen molar-refractivity contribution in [2.75, 3.05) is 24.6 Å². The lowest BCUT2D eigenvalue weighted by molar-refractivity contribution is -0.122. The minimum absolute atomic E-state index is 0.00720. The van der Waals surface area contributed by atoms with Gasteiger partial charge in [0.15, 0.2) is 15.6 Å². The van der Waals surface area contributed by atoms with Gasteiger partial charge in [-0.05, 0) is 37.9 Å². The van der Waals surface area contributed by atoms with Crippen LogP contribution in [0.5, 0.6) is 0 Å². The predicted molar refractivity (Wildman–Crippen MR) is 114 cm³/mol. The molecule has 1 N–H and O–H groups in total. The number of sulfone groups is 1. The average Bonchev–Trinajstić information content (AvgIpc) is 3.01. The van der Waals surface area contributed by atoms with Crippen molar-refractivity contribution in [3.05, 3.63) is 35.4 Å². The number of likely N-dealkylation sites (tertiary alicyclic amines) is 1. The van der Waals surface area contributed by atoms with Gasteiger partial charge >= 0.3 is 0 Å². The Bertz CT molecular complexity index is 814. The molecule has 2 fully saturated rings. The van der Waals surface area contributed by atoms with Gasteiger partial charge in [-0.3, -0.25) is 14.5 Å². The molecule has 2 saturated heterocycles. The predicted octanol–water partition coefficient (Wildman–Crippen LogP) is 2.37. The Morgan fingerprint density at radius 3 is 2.38 bits per heavy atom. The van der Waals surface area contributed by atoms with Crippen LogP contribution < -0.4 is 5.32 Å². The second kappa shape index (κ2) is 9.85. The summed E-state index contributed by atoms with van der Waals surface area (Å²) in [5, 5.41) is 2.90. The Labute approximate surface area is 174 Å². The largest absolute Gasteiger partial charge is 0.351 e. The number of carbonyl (C=O) groups excluding carboxylic acids is 2. The molecule has 0 bridgehead atoms. The molecule has 160 valence electrons. The Hall–Kier alpha value is -1.73. The highest BCUT2D eigenvalue weighted by molar-refractivity contribution is 7.91. The molecule has 2 aliphatic rings. The molecular formula is C22H32N2O4S. The van der Waals surface area contributed by atoms with Crippen LogP contribution in [-0.2, 0) is 21.1 Å². The number of rotatable bonds is 8. The molecule has 1 amide bonds. The van der Waals surface area contributed by atoms with Crippen LogP contribution in [0, 0.1) is 0 Å². The maximum absolute atomic E-state index is 12.4. The second-order valence-corrected chi connectivity index (χ2v) is 10.4. The monoisotopic (exact) mass is 420 g/mol. The molecule has 6 nitrogen and oxygen atoms in total. The number of amides is 1. The van der Waals surface area contributed by atoms with Gasteiger partial charge in [-0.25, -0.2) is 8.42 Å². The van der Waals surface area contributed by atoms with Gasteiger partial charge in [-0.15, -0.1) is 0 Å². The van der Waals surface area contributed by atoms with Gasteiger partial charge in [0.2, 0.25) is 5.91 Å². The molecule has 3 rings (SSSR count). The van der Waals surface area contributed by atoms with Crippen LogP contribution in [0.3, 0.4) is 0 Å². The SMILES string of the molecule is CCCc1ccc(C(=O)CCC(=O)NC2CS(=O)(=O)CC2N2CCCCC2)cc1. The van der Waals surface area contributed by atoms with E-state index in [-0.39, 0.29) is 48.1 Å². The van der Waals surface area contributed by atoms with E-state index < -0.39 is 9.84 Å². The van der Waals surface area contributed by atoms with E-state index in [2.05, 4.69) is 17.1 Å². The third-order valence-electron chi connectivity index (χ3n) is 5.92. The number of carbonyl (C=O) groups is 2. The molecule has 2 heterocycles. The second-order valence-electron chi connectivity index (χ2n) is 8.28. The Balaban J connectivity index is 1.52. The first-order chi connectivity index (χ1) is 13.9. The molecule has 1 aromatic carbocycles. The summed E-state index contributed by atoms with van der Waals surface area (Å²) in [7, 11) is -3.15. The number of piperidine rings is 1. The highest BCUT2D eigenvalue weighted by Crippen LogP contribution is 2.22. The lowest BCUT2D eigenvalue weighted by atomic mass is 10.0. The van der Waals surface area contributed by atoms with Crippen LogP contribution >= 0.6 is 0 Å². The molecule has 29 heavy (non-hydrogen) atoms. The van der Waals surface area contributed by atoms with E-state index in [9.17, 15) is 18.0 Å². The number of hydrogen-bond donors (Lipinski definition) is 1. The van der Waals surface area contributed by atoms with Crippen LogP contribution in [-0.4, -0.2) is 61.7 Å². The molecule has 7 heteroatoms. The van der Waals surface area contributed by atoms with E-state index in [0.717, 1.165) is 38.8 Å².